The number of carbonyl (C=O) groups excluding carboxylic acids is 1. The molecule has 0 bridgehead atoms. The van der Waals surface area contributed by atoms with Crippen molar-refractivity contribution in [2.75, 3.05) is 26.2 Å². The highest BCUT2D eigenvalue weighted by molar-refractivity contribution is 7.89. The molecule has 2 aromatic carbocycles. The summed E-state index contributed by atoms with van der Waals surface area (Å²) in [6, 6.07) is 9.00. The molecule has 3 rings (SSSR count). The monoisotopic (exact) mass is 410 g/mol. The van der Waals surface area contributed by atoms with E-state index in [0.717, 1.165) is 23.3 Å². The fraction of sp³-hybridized carbons (Fsp3) is 0.316. The summed E-state index contributed by atoms with van der Waals surface area (Å²) < 4.78 is 40.1. The first-order valence-electron chi connectivity index (χ1n) is 8.51. The Balaban J connectivity index is 1.72. The van der Waals surface area contributed by atoms with E-state index < -0.39 is 15.8 Å². The van der Waals surface area contributed by atoms with Crippen molar-refractivity contribution in [1.82, 2.24) is 9.21 Å². The maximum absolute atomic E-state index is 13.3. The van der Waals surface area contributed by atoms with Crippen LogP contribution in [0.25, 0.3) is 0 Å². The zero-order valence-electron chi connectivity index (χ0n) is 15.1. The van der Waals surface area contributed by atoms with Gasteiger partial charge < -0.3 is 4.90 Å². The number of benzene rings is 2. The maximum Gasteiger partial charge on any atom is 0.253 e. The molecule has 0 saturated carbocycles. The number of nitrogens with zero attached hydrogens (tertiary/aromatic N) is 2. The molecule has 5 nitrogen and oxygen atoms in total. The summed E-state index contributed by atoms with van der Waals surface area (Å²) in [5.74, 6) is -0.775. The Morgan fingerprint density at radius 3 is 2.15 bits per heavy atom. The van der Waals surface area contributed by atoms with Gasteiger partial charge in [-0.15, -0.1) is 0 Å². The largest absolute Gasteiger partial charge is 0.336 e. The van der Waals surface area contributed by atoms with Crippen LogP contribution >= 0.6 is 11.6 Å². The van der Waals surface area contributed by atoms with Crippen LogP contribution in [0.1, 0.15) is 21.5 Å². The van der Waals surface area contributed by atoms with Gasteiger partial charge in [0.25, 0.3) is 5.91 Å². The second-order valence-electron chi connectivity index (χ2n) is 6.65. The van der Waals surface area contributed by atoms with Gasteiger partial charge in [0.2, 0.25) is 10.0 Å². The van der Waals surface area contributed by atoms with Gasteiger partial charge in [-0.3, -0.25) is 4.79 Å². The lowest BCUT2D eigenvalue weighted by atomic mass is 10.1. The van der Waals surface area contributed by atoms with E-state index in [1.54, 1.807) is 4.90 Å². The summed E-state index contributed by atoms with van der Waals surface area (Å²) in [5.41, 5.74) is 2.62. The normalized spacial score (nSPS) is 15.8. The van der Waals surface area contributed by atoms with Crippen LogP contribution in [0.15, 0.2) is 41.3 Å². The zero-order chi connectivity index (χ0) is 19.8. The average Bonchev–Trinajstić information content (AvgIpc) is 2.62. The first kappa shape index (κ1) is 19.8. The number of piperazine rings is 1. The van der Waals surface area contributed by atoms with E-state index in [-0.39, 0.29) is 28.9 Å². The Morgan fingerprint density at radius 1 is 1.00 bits per heavy atom. The van der Waals surface area contributed by atoms with Crippen molar-refractivity contribution in [3.8, 4) is 0 Å². The molecule has 1 aliphatic heterocycles. The summed E-state index contributed by atoms with van der Waals surface area (Å²) in [7, 11) is -3.78. The van der Waals surface area contributed by atoms with Crippen LogP contribution in [-0.2, 0) is 10.0 Å². The van der Waals surface area contributed by atoms with Gasteiger partial charge in [0, 0.05) is 31.7 Å². The predicted octanol–water partition coefficient (Wildman–Crippen LogP) is 3.24. The van der Waals surface area contributed by atoms with E-state index >= 15 is 0 Å². The Labute approximate surface area is 163 Å². The molecule has 2 aromatic rings. The lowest BCUT2D eigenvalue weighted by Gasteiger charge is -2.34. The van der Waals surface area contributed by atoms with Gasteiger partial charge in [0.1, 0.15) is 5.82 Å². The topological polar surface area (TPSA) is 57.7 Å². The van der Waals surface area contributed by atoms with Gasteiger partial charge in [-0.25, -0.2) is 12.8 Å². The van der Waals surface area contributed by atoms with Crippen molar-refractivity contribution in [3.63, 3.8) is 0 Å². The summed E-state index contributed by atoms with van der Waals surface area (Å²) in [5, 5.41) is -0.236. The molecule has 0 spiro atoms. The second-order valence-corrected chi connectivity index (χ2v) is 8.99. The van der Waals surface area contributed by atoms with Crippen molar-refractivity contribution in [2.24, 2.45) is 0 Å². The highest BCUT2D eigenvalue weighted by Gasteiger charge is 2.31. The van der Waals surface area contributed by atoms with Crippen LogP contribution in [-0.4, -0.2) is 49.7 Å². The summed E-state index contributed by atoms with van der Waals surface area (Å²) >= 11 is 5.71. The number of halogens is 2. The fourth-order valence-electron chi connectivity index (χ4n) is 3.20. The third kappa shape index (κ3) is 4.15. The molecule has 27 heavy (non-hydrogen) atoms. The van der Waals surface area contributed by atoms with Crippen LogP contribution in [0.3, 0.4) is 0 Å². The Hall–Kier alpha value is -1.96. The maximum atomic E-state index is 13.3. The Morgan fingerprint density at radius 2 is 1.59 bits per heavy atom. The highest BCUT2D eigenvalue weighted by Crippen LogP contribution is 2.23. The molecule has 8 heteroatoms. The quantitative estimate of drug-likeness (QED) is 0.780. The van der Waals surface area contributed by atoms with Crippen molar-refractivity contribution < 1.29 is 17.6 Å². The molecule has 0 unspecified atom stereocenters. The van der Waals surface area contributed by atoms with E-state index in [4.69, 9.17) is 11.6 Å². The van der Waals surface area contributed by atoms with Gasteiger partial charge in [0.05, 0.1) is 9.92 Å². The summed E-state index contributed by atoms with van der Waals surface area (Å²) in [4.78, 5) is 14.3. The molecule has 1 amide bonds. The van der Waals surface area contributed by atoms with Crippen LogP contribution in [0.5, 0.6) is 0 Å². The molecule has 1 aliphatic rings. The minimum absolute atomic E-state index is 0.0528. The van der Waals surface area contributed by atoms with Crippen LogP contribution in [0.4, 0.5) is 4.39 Å². The highest BCUT2D eigenvalue weighted by atomic mass is 35.5. The summed E-state index contributed by atoms with van der Waals surface area (Å²) in [6.07, 6.45) is 0. The van der Waals surface area contributed by atoms with Crippen molar-refractivity contribution in [3.05, 3.63) is 63.9 Å². The van der Waals surface area contributed by atoms with Gasteiger partial charge in [0.15, 0.2) is 0 Å². The number of amides is 1. The van der Waals surface area contributed by atoms with Crippen molar-refractivity contribution in [1.29, 1.82) is 0 Å². The van der Waals surface area contributed by atoms with E-state index in [9.17, 15) is 17.6 Å². The SMILES string of the molecule is Cc1cc(C)cc(C(=O)N2CCN(S(=O)(=O)c3ccc(F)c(Cl)c3)CC2)c1. The zero-order valence-corrected chi connectivity index (χ0v) is 16.6. The predicted molar refractivity (Wildman–Crippen MR) is 102 cm³/mol. The first-order chi connectivity index (χ1) is 12.7. The van der Waals surface area contributed by atoms with Gasteiger partial charge >= 0.3 is 0 Å². The fourth-order valence-corrected chi connectivity index (χ4v) is 4.89. The summed E-state index contributed by atoms with van der Waals surface area (Å²) in [6.45, 7) is 4.80. The van der Waals surface area contributed by atoms with Gasteiger partial charge in [-0.2, -0.15) is 4.31 Å². The van der Waals surface area contributed by atoms with Crippen molar-refractivity contribution in [2.45, 2.75) is 18.7 Å². The third-order valence-corrected chi connectivity index (χ3v) is 6.71. The van der Waals surface area contributed by atoms with Crippen LogP contribution < -0.4 is 0 Å². The van der Waals surface area contributed by atoms with Crippen LogP contribution in [0, 0.1) is 19.7 Å². The van der Waals surface area contributed by atoms with Gasteiger partial charge in [-0.1, -0.05) is 28.8 Å². The molecular weight excluding hydrogens is 391 g/mol. The van der Waals surface area contributed by atoms with Crippen LogP contribution in [0.2, 0.25) is 5.02 Å². The number of hydrogen-bond acceptors (Lipinski definition) is 3. The number of sulfonamides is 1. The van der Waals surface area contributed by atoms with Gasteiger partial charge in [-0.05, 0) is 44.2 Å². The number of carbonyl (C=O) groups is 1. The smallest absolute Gasteiger partial charge is 0.253 e. The van der Waals surface area contributed by atoms with Crippen molar-refractivity contribution >= 4 is 27.5 Å². The number of aryl methyl sites for hydroxylation is 2. The molecule has 1 fully saturated rings. The first-order valence-corrected chi connectivity index (χ1v) is 10.3. The number of rotatable bonds is 3. The van der Waals surface area contributed by atoms with E-state index in [0.29, 0.717) is 18.7 Å². The molecular formula is C19H20ClFN2O3S. The Bertz CT molecular complexity index is 966. The molecule has 0 N–H and O–H groups in total. The molecule has 0 aliphatic carbocycles. The molecule has 1 heterocycles. The minimum Gasteiger partial charge on any atom is -0.336 e. The molecule has 144 valence electrons. The lowest BCUT2D eigenvalue weighted by Crippen LogP contribution is -2.50. The Kier molecular flexibility index (Phi) is 5.55. The standard InChI is InChI=1S/C19H20ClFN2O3S/c1-13-9-14(2)11-15(10-13)19(24)22-5-7-23(8-6-22)27(25,26)16-3-4-18(21)17(20)12-16/h3-4,9-12H,5-8H2,1-2H3. The molecule has 0 radical (unpaired) electrons. The molecule has 0 aromatic heterocycles. The average molecular weight is 411 g/mol. The van der Waals surface area contributed by atoms with E-state index in [1.807, 2.05) is 32.0 Å². The van der Waals surface area contributed by atoms with E-state index in [2.05, 4.69) is 0 Å². The minimum atomic E-state index is -3.78. The number of hydrogen-bond donors (Lipinski definition) is 0. The lowest BCUT2D eigenvalue weighted by molar-refractivity contribution is 0.0697. The van der Waals surface area contributed by atoms with E-state index in [1.165, 1.54) is 10.4 Å². The second kappa shape index (κ2) is 7.58. The third-order valence-electron chi connectivity index (χ3n) is 4.52. The molecule has 1 saturated heterocycles. The molecule has 0 atom stereocenters.